The lowest BCUT2D eigenvalue weighted by molar-refractivity contribution is 0.630. The van der Waals surface area contributed by atoms with Gasteiger partial charge in [-0.05, 0) is 43.7 Å². The quantitative estimate of drug-likeness (QED) is 0.887. The van der Waals surface area contributed by atoms with Gasteiger partial charge in [0.1, 0.15) is 5.82 Å². The smallest absolute Gasteiger partial charge is 0.147 e. The van der Waals surface area contributed by atoms with Gasteiger partial charge >= 0.3 is 0 Å². The Labute approximate surface area is 111 Å². The number of aromatic nitrogens is 1. The van der Waals surface area contributed by atoms with E-state index in [4.69, 9.17) is 11.6 Å². The minimum atomic E-state index is -0.326. The van der Waals surface area contributed by atoms with E-state index >= 15 is 0 Å². The Balaban J connectivity index is 2.14. The van der Waals surface area contributed by atoms with E-state index in [-0.39, 0.29) is 5.82 Å². The summed E-state index contributed by atoms with van der Waals surface area (Å²) in [4.78, 5) is 0. The molecule has 18 heavy (non-hydrogen) atoms. The molecule has 2 aromatic rings. The van der Waals surface area contributed by atoms with E-state index in [0.717, 1.165) is 0 Å². The lowest BCUT2D eigenvalue weighted by atomic mass is 10.2. The molecule has 0 atom stereocenters. The summed E-state index contributed by atoms with van der Waals surface area (Å²) in [6.07, 6.45) is 0. The minimum absolute atomic E-state index is 0.326. The molecule has 0 saturated heterocycles. The number of benzene rings is 1. The molecule has 1 heterocycles. The molecule has 4 heteroatoms. The van der Waals surface area contributed by atoms with Crippen molar-refractivity contribution in [3.05, 3.63) is 52.1 Å². The second kappa shape index (κ2) is 5.02. The zero-order valence-corrected chi connectivity index (χ0v) is 11.5. The molecule has 0 aliphatic carbocycles. The van der Waals surface area contributed by atoms with Gasteiger partial charge in [-0.1, -0.05) is 11.6 Å². The highest BCUT2D eigenvalue weighted by Gasteiger charge is 2.07. The fourth-order valence-electron chi connectivity index (χ4n) is 1.94. The highest BCUT2D eigenvalue weighted by atomic mass is 35.5. The summed E-state index contributed by atoms with van der Waals surface area (Å²) in [5.41, 5.74) is 4.03. The van der Waals surface area contributed by atoms with Crippen molar-refractivity contribution >= 4 is 17.3 Å². The molecule has 0 spiro atoms. The zero-order chi connectivity index (χ0) is 13.3. The van der Waals surface area contributed by atoms with E-state index in [2.05, 4.69) is 29.8 Å². The second-order valence-corrected chi connectivity index (χ2v) is 4.87. The molecule has 96 valence electrons. The normalized spacial score (nSPS) is 10.7. The topological polar surface area (TPSA) is 17.0 Å². The first-order valence-corrected chi connectivity index (χ1v) is 6.17. The summed E-state index contributed by atoms with van der Waals surface area (Å²) in [6.45, 7) is 4.72. The van der Waals surface area contributed by atoms with Crippen molar-refractivity contribution in [2.45, 2.75) is 20.4 Å². The highest BCUT2D eigenvalue weighted by Crippen LogP contribution is 2.21. The van der Waals surface area contributed by atoms with Gasteiger partial charge in [0.05, 0.1) is 5.69 Å². The van der Waals surface area contributed by atoms with Crippen LogP contribution in [0, 0.1) is 19.7 Å². The van der Waals surface area contributed by atoms with Gasteiger partial charge in [-0.3, -0.25) is 0 Å². The standard InChI is InChI=1S/C14H16ClFN2/c1-9-6-11(10(2)18(9)3)8-17-14-5-4-12(15)7-13(14)16/h4-7,17H,8H2,1-3H3. The van der Waals surface area contributed by atoms with Gasteiger partial charge in [-0.2, -0.15) is 0 Å². The SMILES string of the molecule is Cc1cc(CNc2ccc(Cl)cc2F)c(C)n1C. The van der Waals surface area contributed by atoms with Gasteiger partial charge in [0.2, 0.25) is 0 Å². The van der Waals surface area contributed by atoms with E-state index < -0.39 is 0 Å². The number of hydrogen-bond acceptors (Lipinski definition) is 1. The molecule has 0 radical (unpaired) electrons. The van der Waals surface area contributed by atoms with E-state index in [1.54, 1.807) is 12.1 Å². The van der Waals surface area contributed by atoms with Crippen molar-refractivity contribution < 1.29 is 4.39 Å². The summed E-state index contributed by atoms with van der Waals surface area (Å²) < 4.78 is 15.7. The first kappa shape index (κ1) is 13.0. The molecule has 1 aromatic heterocycles. The second-order valence-electron chi connectivity index (χ2n) is 4.43. The van der Waals surface area contributed by atoms with Crippen molar-refractivity contribution in [3.8, 4) is 0 Å². The first-order chi connectivity index (χ1) is 8.49. The van der Waals surface area contributed by atoms with Crippen LogP contribution < -0.4 is 5.32 Å². The Hall–Kier alpha value is -1.48. The highest BCUT2D eigenvalue weighted by molar-refractivity contribution is 6.30. The van der Waals surface area contributed by atoms with Crippen molar-refractivity contribution in [2.24, 2.45) is 7.05 Å². The van der Waals surface area contributed by atoms with E-state index in [1.807, 2.05) is 7.05 Å². The number of halogens is 2. The lowest BCUT2D eigenvalue weighted by Gasteiger charge is -2.08. The number of aryl methyl sites for hydroxylation is 1. The van der Waals surface area contributed by atoms with Gasteiger partial charge in [0, 0.05) is 30.0 Å². The van der Waals surface area contributed by atoms with Crippen LogP contribution in [0.4, 0.5) is 10.1 Å². The maximum absolute atomic E-state index is 13.6. The molecule has 2 rings (SSSR count). The molecule has 0 bridgehead atoms. The summed E-state index contributed by atoms with van der Waals surface area (Å²) in [6, 6.07) is 6.75. The first-order valence-electron chi connectivity index (χ1n) is 5.79. The molecule has 1 aromatic carbocycles. The number of hydrogen-bond donors (Lipinski definition) is 1. The van der Waals surface area contributed by atoms with Crippen molar-refractivity contribution in [1.29, 1.82) is 0 Å². The predicted octanol–water partition coefficient (Wildman–Crippen LogP) is 4.05. The summed E-state index contributed by atoms with van der Waals surface area (Å²) >= 11 is 5.71. The van der Waals surface area contributed by atoms with Crippen LogP contribution in [0.3, 0.4) is 0 Å². The van der Waals surface area contributed by atoms with Gasteiger partial charge in [-0.15, -0.1) is 0 Å². The number of nitrogens with one attached hydrogen (secondary N) is 1. The molecule has 1 N–H and O–H groups in total. The molecule has 0 saturated carbocycles. The summed E-state index contributed by atoms with van der Waals surface area (Å²) in [5, 5.41) is 3.50. The molecule has 0 fully saturated rings. The Morgan fingerprint density at radius 3 is 2.56 bits per heavy atom. The van der Waals surface area contributed by atoms with Crippen LogP contribution in [0.15, 0.2) is 24.3 Å². The summed E-state index contributed by atoms with van der Waals surface area (Å²) in [5.74, 6) is -0.326. The molecular formula is C14H16ClFN2. The van der Waals surface area contributed by atoms with Gasteiger partial charge < -0.3 is 9.88 Å². The fraction of sp³-hybridized carbons (Fsp3) is 0.286. The summed E-state index contributed by atoms with van der Waals surface area (Å²) in [7, 11) is 2.02. The van der Waals surface area contributed by atoms with Crippen LogP contribution in [0.2, 0.25) is 5.02 Å². The maximum Gasteiger partial charge on any atom is 0.147 e. The van der Waals surface area contributed by atoms with Crippen LogP contribution in [0.25, 0.3) is 0 Å². The Morgan fingerprint density at radius 1 is 1.28 bits per heavy atom. The molecule has 0 amide bonds. The average molecular weight is 267 g/mol. The largest absolute Gasteiger partial charge is 0.379 e. The Morgan fingerprint density at radius 2 is 2.00 bits per heavy atom. The van der Waals surface area contributed by atoms with E-state index in [9.17, 15) is 4.39 Å². The third-order valence-corrected chi connectivity index (χ3v) is 3.52. The molecule has 0 aliphatic heterocycles. The molecule has 2 nitrogen and oxygen atoms in total. The minimum Gasteiger partial charge on any atom is -0.379 e. The monoisotopic (exact) mass is 266 g/mol. The lowest BCUT2D eigenvalue weighted by Crippen LogP contribution is -2.03. The molecular weight excluding hydrogens is 251 g/mol. The van der Waals surface area contributed by atoms with Gasteiger partial charge in [-0.25, -0.2) is 4.39 Å². The van der Waals surface area contributed by atoms with E-state index in [1.165, 1.54) is 23.0 Å². The van der Waals surface area contributed by atoms with Crippen LogP contribution in [-0.2, 0) is 13.6 Å². The van der Waals surface area contributed by atoms with E-state index in [0.29, 0.717) is 17.3 Å². The van der Waals surface area contributed by atoms with Crippen LogP contribution in [0.1, 0.15) is 17.0 Å². The van der Waals surface area contributed by atoms with Crippen LogP contribution in [-0.4, -0.2) is 4.57 Å². The van der Waals surface area contributed by atoms with Crippen molar-refractivity contribution in [2.75, 3.05) is 5.32 Å². The predicted molar refractivity (Wildman–Crippen MR) is 73.6 cm³/mol. The number of anilines is 1. The average Bonchev–Trinajstić information content (AvgIpc) is 2.56. The van der Waals surface area contributed by atoms with Crippen molar-refractivity contribution in [3.63, 3.8) is 0 Å². The maximum atomic E-state index is 13.6. The van der Waals surface area contributed by atoms with Crippen LogP contribution >= 0.6 is 11.6 Å². The molecule has 0 unspecified atom stereocenters. The van der Waals surface area contributed by atoms with Crippen LogP contribution in [0.5, 0.6) is 0 Å². The number of rotatable bonds is 3. The fourth-order valence-corrected chi connectivity index (χ4v) is 2.09. The molecule has 0 aliphatic rings. The van der Waals surface area contributed by atoms with Gasteiger partial charge in [0.25, 0.3) is 0 Å². The van der Waals surface area contributed by atoms with Gasteiger partial charge in [0.15, 0.2) is 0 Å². The zero-order valence-electron chi connectivity index (χ0n) is 10.7. The van der Waals surface area contributed by atoms with Crippen molar-refractivity contribution in [1.82, 2.24) is 4.57 Å². The third kappa shape index (κ3) is 2.51. The third-order valence-electron chi connectivity index (χ3n) is 3.28. The Bertz CT molecular complexity index is 575. The number of nitrogens with zero attached hydrogens (tertiary/aromatic N) is 1. The Kier molecular flexibility index (Phi) is 3.62.